The average molecular weight is 291 g/mol. The Balaban J connectivity index is 2.27. The highest BCUT2D eigenvalue weighted by atomic mass is 15.3. The molecule has 1 aromatic rings. The van der Waals surface area contributed by atoms with Gasteiger partial charge in [-0.05, 0) is 25.7 Å². The van der Waals surface area contributed by atoms with Gasteiger partial charge in [0.1, 0.15) is 17.5 Å². The minimum atomic E-state index is 0.284. The smallest absolute Gasteiger partial charge is 0.148 e. The van der Waals surface area contributed by atoms with Gasteiger partial charge in [-0.3, -0.25) is 0 Å². The summed E-state index contributed by atoms with van der Waals surface area (Å²) < 4.78 is 0. The largest absolute Gasteiger partial charge is 0.367 e. The van der Waals surface area contributed by atoms with Crippen LogP contribution < -0.4 is 16.6 Å². The van der Waals surface area contributed by atoms with Gasteiger partial charge in [-0.15, -0.1) is 0 Å². The number of nitrogens with one attached hydrogen (secondary N) is 2. The van der Waals surface area contributed by atoms with Crippen LogP contribution in [0.2, 0.25) is 0 Å². The fourth-order valence-electron chi connectivity index (χ4n) is 3.14. The van der Waals surface area contributed by atoms with E-state index < -0.39 is 0 Å². The molecule has 2 unspecified atom stereocenters. The fraction of sp³-hybridized carbons (Fsp3) is 0.750. The summed E-state index contributed by atoms with van der Waals surface area (Å²) in [6.45, 7) is 8.50. The summed E-state index contributed by atoms with van der Waals surface area (Å²) in [5.41, 5.74) is 3.70. The average Bonchev–Trinajstić information content (AvgIpc) is 2.49. The van der Waals surface area contributed by atoms with Crippen molar-refractivity contribution in [1.29, 1.82) is 0 Å². The predicted octanol–water partition coefficient (Wildman–Crippen LogP) is 3.57. The summed E-state index contributed by atoms with van der Waals surface area (Å²) in [6, 6.07) is 0.517. The minimum absolute atomic E-state index is 0.284. The van der Waals surface area contributed by atoms with Gasteiger partial charge in [-0.1, -0.05) is 40.0 Å². The number of nitrogens with zero attached hydrogens (tertiary/aromatic N) is 2. The molecule has 0 bridgehead atoms. The van der Waals surface area contributed by atoms with Crippen LogP contribution in [0, 0.1) is 12.8 Å². The van der Waals surface area contributed by atoms with Gasteiger partial charge >= 0.3 is 0 Å². The highest BCUT2D eigenvalue weighted by Crippen LogP contribution is 2.31. The molecule has 4 N–H and O–H groups in total. The number of nitrogens with two attached hydrogens (primary N) is 1. The Hall–Kier alpha value is -1.36. The van der Waals surface area contributed by atoms with Crippen molar-refractivity contribution in [1.82, 2.24) is 9.97 Å². The summed E-state index contributed by atoms with van der Waals surface area (Å²) in [5.74, 6) is 9.12. The van der Waals surface area contributed by atoms with Crippen molar-refractivity contribution in [2.75, 3.05) is 10.7 Å². The van der Waals surface area contributed by atoms with Crippen molar-refractivity contribution in [2.24, 2.45) is 11.8 Å². The van der Waals surface area contributed by atoms with Gasteiger partial charge < -0.3 is 10.7 Å². The van der Waals surface area contributed by atoms with Crippen molar-refractivity contribution in [3.05, 3.63) is 11.4 Å². The number of hydrogen-bond donors (Lipinski definition) is 3. The molecule has 1 aromatic heterocycles. The molecule has 0 amide bonds. The van der Waals surface area contributed by atoms with Gasteiger partial charge in [0.15, 0.2) is 0 Å². The third kappa shape index (κ3) is 3.64. The summed E-state index contributed by atoms with van der Waals surface area (Å²) in [4.78, 5) is 9.22. The van der Waals surface area contributed by atoms with Crippen molar-refractivity contribution in [3.63, 3.8) is 0 Å². The van der Waals surface area contributed by atoms with E-state index in [0.717, 1.165) is 28.9 Å². The van der Waals surface area contributed by atoms with Gasteiger partial charge in [0, 0.05) is 17.5 Å². The highest BCUT2D eigenvalue weighted by Gasteiger charge is 2.25. The van der Waals surface area contributed by atoms with Crippen LogP contribution in [0.25, 0.3) is 0 Å². The zero-order chi connectivity index (χ0) is 15.4. The maximum absolute atomic E-state index is 5.61. The van der Waals surface area contributed by atoms with Crippen LogP contribution in [0.4, 0.5) is 11.6 Å². The van der Waals surface area contributed by atoms with Crippen molar-refractivity contribution >= 4 is 11.6 Å². The maximum Gasteiger partial charge on any atom is 0.148 e. The molecular weight excluding hydrogens is 262 g/mol. The van der Waals surface area contributed by atoms with E-state index in [0.29, 0.717) is 6.04 Å². The van der Waals surface area contributed by atoms with Crippen LogP contribution in [0.5, 0.6) is 0 Å². The van der Waals surface area contributed by atoms with Crippen LogP contribution in [0.3, 0.4) is 0 Å². The molecule has 1 saturated carbocycles. The summed E-state index contributed by atoms with van der Waals surface area (Å²) in [5, 5.41) is 3.67. The quantitative estimate of drug-likeness (QED) is 0.571. The second-order valence-corrected chi connectivity index (χ2v) is 6.41. The third-order valence-electron chi connectivity index (χ3n) is 4.57. The lowest BCUT2D eigenvalue weighted by Crippen LogP contribution is -2.32. The number of anilines is 2. The van der Waals surface area contributed by atoms with Crippen molar-refractivity contribution in [2.45, 2.75) is 71.8 Å². The molecular formula is C16H29N5. The SMILES string of the molecule is CCC1CCCCC1Nc1nc(C(C)C)nc(NN)c1C. The Morgan fingerprint density at radius 2 is 1.86 bits per heavy atom. The molecule has 0 aromatic carbocycles. The minimum Gasteiger partial charge on any atom is -0.367 e. The molecule has 0 radical (unpaired) electrons. The molecule has 21 heavy (non-hydrogen) atoms. The Kier molecular flexibility index (Phi) is 5.39. The van der Waals surface area contributed by atoms with E-state index in [4.69, 9.17) is 10.8 Å². The zero-order valence-corrected chi connectivity index (χ0v) is 13.7. The van der Waals surface area contributed by atoms with E-state index in [9.17, 15) is 0 Å². The van der Waals surface area contributed by atoms with Crippen molar-refractivity contribution in [3.8, 4) is 0 Å². The molecule has 0 aliphatic heterocycles. The molecule has 118 valence electrons. The molecule has 5 heteroatoms. The van der Waals surface area contributed by atoms with E-state index >= 15 is 0 Å². The van der Waals surface area contributed by atoms with E-state index in [2.05, 4.69) is 36.5 Å². The molecule has 0 spiro atoms. The standard InChI is InChI=1S/C16H29N5/c1-5-12-8-6-7-9-13(12)18-15-11(4)16(21-17)20-14(19-15)10(2)3/h10,12-13H,5-9,17H2,1-4H3,(H2,18,19,20,21). The van der Waals surface area contributed by atoms with E-state index in [1.807, 2.05) is 6.92 Å². The first-order valence-corrected chi connectivity index (χ1v) is 8.18. The van der Waals surface area contributed by atoms with Gasteiger partial charge in [-0.2, -0.15) is 0 Å². The van der Waals surface area contributed by atoms with Crippen LogP contribution in [0.15, 0.2) is 0 Å². The topological polar surface area (TPSA) is 75.9 Å². The van der Waals surface area contributed by atoms with E-state index in [1.54, 1.807) is 0 Å². The molecule has 2 atom stereocenters. The lowest BCUT2D eigenvalue weighted by molar-refractivity contribution is 0.316. The number of aromatic nitrogens is 2. The van der Waals surface area contributed by atoms with E-state index in [1.165, 1.54) is 32.1 Å². The molecule has 1 fully saturated rings. The van der Waals surface area contributed by atoms with Crippen LogP contribution >= 0.6 is 0 Å². The second-order valence-electron chi connectivity index (χ2n) is 6.41. The number of nitrogen functional groups attached to an aromatic ring is 1. The Morgan fingerprint density at radius 1 is 1.19 bits per heavy atom. The van der Waals surface area contributed by atoms with Gasteiger partial charge in [0.25, 0.3) is 0 Å². The highest BCUT2D eigenvalue weighted by molar-refractivity contribution is 5.57. The van der Waals surface area contributed by atoms with Crippen LogP contribution in [-0.2, 0) is 0 Å². The first-order valence-electron chi connectivity index (χ1n) is 8.18. The molecule has 1 heterocycles. The third-order valence-corrected chi connectivity index (χ3v) is 4.57. The predicted molar refractivity (Wildman–Crippen MR) is 88.3 cm³/mol. The van der Waals surface area contributed by atoms with Crippen LogP contribution in [-0.4, -0.2) is 16.0 Å². The second kappa shape index (κ2) is 7.07. The number of rotatable bonds is 5. The molecule has 5 nitrogen and oxygen atoms in total. The summed E-state index contributed by atoms with van der Waals surface area (Å²) in [7, 11) is 0. The number of hydrazine groups is 1. The zero-order valence-electron chi connectivity index (χ0n) is 13.7. The molecule has 1 aliphatic carbocycles. The van der Waals surface area contributed by atoms with E-state index in [-0.39, 0.29) is 5.92 Å². The monoisotopic (exact) mass is 291 g/mol. The van der Waals surface area contributed by atoms with Gasteiger partial charge in [0.2, 0.25) is 0 Å². The molecule has 1 aliphatic rings. The number of hydrogen-bond acceptors (Lipinski definition) is 5. The van der Waals surface area contributed by atoms with Gasteiger partial charge in [0.05, 0.1) is 0 Å². The lowest BCUT2D eigenvalue weighted by Gasteiger charge is -2.32. The first kappa shape index (κ1) is 16.0. The Bertz CT molecular complexity index is 472. The normalized spacial score (nSPS) is 22.4. The first-order chi connectivity index (χ1) is 10.1. The molecule has 0 saturated heterocycles. The van der Waals surface area contributed by atoms with Crippen molar-refractivity contribution < 1.29 is 0 Å². The summed E-state index contributed by atoms with van der Waals surface area (Å²) in [6.07, 6.45) is 6.42. The lowest BCUT2D eigenvalue weighted by atomic mass is 9.83. The maximum atomic E-state index is 5.61. The Morgan fingerprint density at radius 3 is 2.48 bits per heavy atom. The fourth-order valence-corrected chi connectivity index (χ4v) is 3.14. The Labute approximate surface area is 128 Å². The molecule has 2 rings (SSSR count). The van der Waals surface area contributed by atoms with Crippen LogP contribution in [0.1, 0.15) is 70.2 Å². The van der Waals surface area contributed by atoms with Gasteiger partial charge in [-0.25, -0.2) is 15.8 Å². The summed E-state index contributed by atoms with van der Waals surface area (Å²) >= 11 is 0.